The van der Waals surface area contributed by atoms with E-state index >= 15 is 0 Å². The van der Waals surface area contributed by atoms with Crippen LogP contribution in [0.4, 0.5) is 10.1 Å². The normalized spacial score (nSPS) is 9.88. The van der Waals surface area contributed by atoms with Crippen molar-refractivity contribution in [3.63, 3.8) is 0 Å². The van der Waals surface area contributed by atoms with Gasteiger partial charge in [-0.15, -0.1) is 0 Å². The highest BCUT2D eigenvalue weighted by Gasteiger charge is 2.21. The lowest BCUT2D eigenvalue weighted by molar-refractivity contribution is -0.387. The molecular formula is C11H6FN3O2. The van der Waals surface area contributed by atoms with Gasteiger partial charge >= 0.3 is 5.69 Å². The maximum Gasteiger partial charge on any atom is 0.328 e. The quantitative estimate of drug-likeness (QED) is 0.588. The predicted octanol–water partition coefficient (Wildman–Crippen LogP) is 2.40. The van der Waals surface area contributed by atoms with Gasteiger partial charge in [-0.3, -0.25) is 10.1 Å². The average molecular weight is 231 g/mol. The zero-order valence-corrected chi connectivity index (χ0v) is 8.50. The molecular weight excluding hydrogens is 225 g/mol. The summed E-state index contributed by atoms with van der Waals surface area (Å²) in [6, 6.07) is 8.70. The van der Waals surface area contributed by atoms with E-state index in [0.717, 1.165) is 6.07 Å². The Balaban J connectivity index is 2.73. The standard InChI is InChI=1S/C11H6FN3O2/c12-9-4-1-5-10(11(9)15(16)17)14-6-2-3-8(14)7-13/h1-6H. The first-order valence-corrected chi connectivity index (χ1v) is 4.66. The van der Waals surface area contributed by atoms with Crippen molar-refractivity contribution in [2.24, 2.45) is 0 Å². The van der Waals surface area contributed by atoms with Gasteiger partial charge in [0.25, 0.3) is 0 Å². The van der Waals surface area contributed by atoms with Gasteiger partial charge in [-0.1, -0.05) is 6.07 Å². The Morgan fingerprint density at radius 3 is 2.76 bits per heavy atom. The highest BCUT2D eigenvalue weighted by atomic mass is 19.1. The maximum absolute atomic E-state index is 13.4. The third kappa shape index (κ3) is 1.74. The van der Waals surface area contributed by atoms with Crippen LogP contribution in [-0.4, -0.2) is 9.49 Å². The Hall–Kier alpha value is -2.68. The number of benzene rings is 1. The van der Waals surface area contributed by atoms with Crippen LogP contribution in [0, 0.1) is 27.3 Å². The van der Waals surface area contributed by atoms with Crippen LogP contribution in [0.2, 0.25) is 0 Å². The molecule has 6 heteroatoms. The molecule has 0 spiro atoms. The van der Waals surface area contributed by atoms with Crippen LogP contribution < -0.4 is 0 Å². The number of nitriles is 1. The fraction of sp³-hybridized carbons (Fsp3) is 0. The van der Waals surface area contributed by atoms with E-state index in [9.17, 15) is 14.5 Å². The number of nitro benzene ring substituents is 1. The zero-order chi connectivity index (χ0) is 12.4. The number of nitrogens with zero attached hydrogens (tertiary/aromatic N) is 3. The minimum atomic E-state index is -0.926. The summed E-state index contributed by atoms with van der Waals surface area (Å²) in [4.78, 5) is 10.0. The van der Waals surface area contributed by atoms with Gasteiger partial charge < -0.3 is 4.57 Å². The van der Waals surface area contributed by atoms with Crippen molar-refractivity contribution in [1.82, 2.24) is 4.57 Å². The van der Waals surface area contributed by atoms with Crippen molar-refractivity contribution in [3.8, 4) is 11.8 Å². The molecule has 1 aromatic heterocycles. The number of nitro groups is 1. The molecule has 0 radical (unpaired) electrons. The van der Waals surface area contributed by atoms with Crippen LogP contribution in [0.5, 0.6) is 0 Å². The first kappa shape index (κ1) is 10.8. The van der Waals surface area contributed by atoms with Gasteiger partial charge in [0.15, 0.2) is 0 Å². The summed E-state index contributed by atoms with van der Waals surface area (Å²) < 4.78 is 14.7. The molecule has 0 unspecified atom stereocenters. The summed E-state index contributed by atoms with van der Waals surface area (Å²) in [5.74, 6) is -0.926. The zero-order valence-electron chi connectivity index (χ0n) is 8.50. The summed E-state index contributed by atoms with van der Waals surface area (Å²) in [5.41, 5.74) is -0.393. The van der Waals surface area contributed by atoms with E-state index in [1.165, 1.54) is 29.0 Å². The second-order valence-corrected chi connectivity index (χ2v) is 3.24. The third-order valence-electron chi connectivity index (χ3n) is 2.27. The molecule has 0 aliphatic rings. The van der Waals surface area contributed by atoms with Gasteiger partial charge in [0.2, 0.25) is 5.82 Å². The smallest absolute Gasteiger partial charge is 0.302 e. The van der Waals surface area contributed by atoms with Gasteiger partial charge in [0, 0.05) is 6.20 Å². The molecule has 17 heavy (non-hydrogen) atoms. The largest absolute Gasteiger partial charge is 0.328 e. The van der Waals surface area contributed by atoms with Gasteiger partial charge in [-0.05, 0) is 24.3 Å². The molecule has 0 saturated carbocycles. The van der Waals surface area contributed by atoms with Crippen LogP contribution in [-0.2, 0) is 0 Å². The summed E-state index contributed by atoms with van der Waals surface area (Å²) in [6.07, 6.45) is 1.47. The molecule has 0 amide bonds. The molecule has 0 fully saturated rings. The molecule has 0 saturated heterocycles. The SMILES string of the molecule is N#Cc1cccn1-c1cccc(F)c1[N+](=O)[O-]. The minimum absolute atomic E-state index is 0.0385. The number of para-hydroxylation sites is 1. The monoisotopic (exact) mass is 231 g/mol. The van der Waals surface area contributed by atoms with E-state index in [-0.39, 0.29) is 11.4 Å². The molecule has 0 bridgehead atoms. The molecule has 2 aromatic rings. The molecule has 2 rings (SSSR count). The molecule has 0 atom stereocenters. The predicted molar refractivity (Wildman–Crippen MR) is 57.1 cm³/mol. The topological polar surface area (TPSA) is 71.9 Å². The van der Waals surface area contributed by atoms with Crippen molar-refractivity contribution >= 4 is 5.69 Å². The molecule has 0 aliphatic heterocycles. The second kappa shape index (κ2) is 4.06. The van der Waals surface area contributed by atoms with Crippen molar-refractivity contribution in [3.05, 3.63) is 58.2 Å². The van der Waals surface area contributed by atoms with E-state index in [2.05, 4.69) is 0 Å². The number of rotatable bonds is 2. The Bertz CT molecular complexity index is 628. The lowest BCUT2D eigenvalue weighted by Gasteiger charge is -2.05. The molecule has 0 aliphatic carbocycles. The van der Waals surface area contributed by atoms with Crippen LogP contribution in [0.1, 0.15) is 5.69 Å². The lowest BCUT2D eigenvalue weighted by Crippen LogP contribution is -2.03. The molecule has 0 N–H and O–H groups in total. The number of hydrogen-bond donors (Lipinski definition) is 0. The summed E-state index contributed by atoms with van der Waals surface area (Å²) in [6.45, 7) is 0. The Labute approximate surface area is 95.5 Å². The summed E-state index contributed by atoms with van der Waals surface area (Å²) >= 11 is 0. The third-order valence-corrected chi connectivity index (χ3v) is 2.27. The first-order chi connectivity index (χ1) is 8.15. The van der Waals surface area contributed by atoms with Crippen molar-refractivity contribution in [2.45, 2.75) is 0 Å². The van der Waals surface area contributed by atoms with Crippen LogP contribution in [0.3, 0.4) is 0 Å². The van der Waals surface area contributed by atoms with Crippen LogP contribution in [0.25, 0.3) is 5.69 Å². The van der Waals surface area contributed by atoms with Crippen molar-refractivity contribution in [1.29, 1.82) is 5.26 Å². The van der Waals surface area contributed by atoms with E-state index in [4.69, 9.17) is 5.26 Å². The number of aromatic nitrogens is 1. The molecule has 84 valence electrons. The Morgan fingerprint density at radius 2 is 2.12 bits per heavy atom. The van der Waals surface area contributed by atoms with Crippen molar-refractivity contribution in [2.75, 3.05) is 0 Å². The fourth-order valence-corrected chi connectivity index (χ4v) is 1.56. The second-order valence-electron chi connectivity index (χ2n) is 3.24. The van der Waals surface area contributed by atoms with Gasteiger partial charge in [0.1, 0.15) is 17.5 Å². The summed E-state index contributed by atoms with van der Waals surface area (Å²) in [5, 5.41) is 19.6. The average Bonchev–Trinajstić information content (AvgIpc) is 2.75. The van der Waals surface area contributed by atoms with Crippen molar-refractivity contribution < 1.29 is 9.31 Å². The summed E-state index contributed by atoms with van der Waals surface area (Å²) in [7, 11) is 0. The number of halogens is 1. The van der Waals surface area contributed by atoms with E-state index in [1.54, 1.807) is 6.07 Å². The van der Waals surface area contributed by atoms with Gasteiger partial charge in [-0.25, -0.2) is 0 Å². The first-order valence-electron chi connectivity index (χ1n) is 4.66. The van der Waals surface area contributed by atoms with Gasteiger partial charge in [0.05, 0.1) is 4.92 Å². The molecule has 5 nitrogen and oxygen atoms in total. The Kier molecular flexibility index (Phi) is 2.58. The highest BCUT2D eigenvalue weighted by molar-refractivity contribution is 5.55. The fourth-order valence-electron chi connectivity index (χ4n) is 1.56. The minimum Gasteiger partial charge on any atom is -0.302 e. The Morgan fingerprint density at radius 1 is 1.35 bits per heavy atom. The lowest BCUT2D eigenvalue weighted by atomic mass is 10.2. The molecule has 1 heterocycles. The van der Waals surface area contributed by atoms with Gasteiger partial charge in [-0.2, -0.15) is 9.65 Å². The number of hydrogen-bond acceptors (Lipinski definition) is 3. The van der Waals surface area contributed by atoms with E-state index in [0.29, 0.717) is 0 Å². The highest BCUT2D eigenvalue weighted by Crippen LogP contribution is 2.27. The van der Waals surface area contributed by atoms with Crippen LogP contribution >= 0.6 is 0 Å². The van der Waals surface area contributed by atoms with Crippen LogP contribution in [0.15, 0.2) is 36.5 Å². The van der Waals surface area contributed by atoms with E-state index in [1.807, 2.05) is 6.07 Å². The molecule has 1 aromatic carbocycles. The maximum atomic E-state index is 13.4. The van der Waals surface area contributed by atoms with E-state index < -0.39 is 16.4 Å².